The molecule has 128 valence electrons. The van der Waals surface area contributed by atoms with Crippen molar-refractivity contribution in [2.75, 3.05) is 13.1 Å². The van der Waals surface area contributed by atoms with Crippen molar-refractivity contribution in [2.24, 2.45) is 5.41 Å². The molecule has 0 aliphatic carbocycles. The van der Waals surface area contributed by atoms with E-state index in [-0.39, 0.29) is 11.4 Å². The minimum atomic E-state index is -0.590. The zero-order valence-corrected chi connectivity index (χ0v) is 15.6. The van der Waals surface area contributed by atoms with Crippen molar-refractivity contribution in [1.29, 1.82) is 0 Å². The zero-order valence-electron chi connectivity index (χ0n) is 14.8. The van der Waals surface area contributed by atoms with Crippen molar-refractivity contribution in [1.82, 2.24) is 5.32 Å². The summed E-state index contributed by atoms with van der Waals surface area (Å²) in [7, 11) is 0. The summed E-state index contributed by atoms with van der Waals surface area (Å²) >= 11 is 6.06. The van der Waals surface area contributed by atoms with Crippen molar-refractivity contribution < 1.29 is 9.53 Å². The number of ether oxygens (including phenoxy) is 1. The van der Waals surface area contributed by atoms with Crippen LogP contribution in [0.3, 0.4) is 0 Å². The Labute approximate surface area is 144 Å². The van der Waals surface area contributed by atoms with Gasteiger partial charge in [0, 0.05) is 10.4 Å². The Morgan fingerprint density at radius 1 is 1.09 bits per heavy atom. The molecule has 2 rings (SSSR count). The molecular formula is C19H28ClNO2. The van der Waals surface area contributed by atoms with Gasteiger partial charge in [-0.25, -0.2) is 0 Å². The monoisotopic (exact) mass is 337 g/mol. The number of halogens is 1. The minimum absolute atomic E-state index is 0.158. The molecule has 0 aromatic heterocycles. The molecule has 0 unspecified atom stereocenters. The number of piperidine rings is 1. The van der Waals surface area contributed by atoms with Crippen LogP contribution in [0, 0.1) is 5.41 Å². The first kappa shape index (κ1) is 18.3. The fourth-order valence-corrected chi connectivity index (χ4v) is 3.47. The van der Waals surface area contributed by atoms with Crippen LogP contribution in [0.1, 0.15) is 53.0 Å². The molecule has 3 nitrogen and oxygen atoms in total. The molecule has 0 amide bonds. The number of nitrogens with one attached hydrogen (secondary N) is 1. The lowest BCUT2D eigenvalue weighted by molar-refractivity contribution is -0.175. The van der Waals surface area contributed by atoms with Crippen LogP contribution in [-0.4, -0.2) is 24.7 Å². The normalized spacial score (nSPS) is 18.5. The first-order valence-corrected chi connectivity index (χ1v) is 8.66. The Morgan fingerprint density at radius 3 is 2.09 bits per heavy atom. The van der Waals surface area contributed by atoms with E-state index >= 15 is 0 Å². The minimum Gasteiger partial charge on any atom is -0.458 e. The maximum Gasteiger partial charge on any atom is 0.311 e. The molecule has 1 fully saturated rings. The summed E-state index contributed by atoms with van der Waals surface area (Å²) in [5, 5.41) is 4.13. The van der Waals surface area contributed by atoms with E-state index in [1.807, 2.05) is 46.8 Å². The Balaban J connectivity index is 2.41. The van der Waals surface area contributed by atoms with Gasteiger partial charge in [-0.15, -0.1) is 0 Å². The molecule has 0 bridgehead atoms. The molecule has 0 radical (unpaired) electrons. The summed E-state index contributed by atoms with van der Waals surface area (Å²) in [6.45, 7) is 11.6. The summed E-state index contributed by atoms with van der Waals surface area (Å²) in [6, 6.07) is 7.98. The second-order valence-electron chi connectivity index (χ2n) is 7.99. The highest BCUT2D eigenvalue weighted by molar-refractivity contribution is 6.30. The summed E-state index contributed by atoms with van der Waals surface area (Å²) in [5.74, 6) is -0.158. The number of esters is 1. The Kier molecular flexibility index (Phi) is 5.12. The topological polar surface area (TPSA) is 38.3 Å². The van der Waals surface area contributed by atoms with Crippen LogP contribution in [0.15, 0.2) is 24.3 Å². The van der Waals surface area contributed by atoms with Crippen LogP contribution in [0.5, 0.6) is 0 Å². The second kappa shape index (κ2) is 6.45. The fourth-order valence-electron chi connectivity index (χ4n) is 3.34. The number of hydrogen-bond acceptors (Lipinski definition) is 3. The molecule has 1 N–H and O–H groups in total. The third kappa shape index (κ3) is 3.72. The van der Waals surface area contributed by atoms with Crippen LogP contribution < -0.4 is 5.32 Å². The van der Waals surface area contributed by atoms with E-state index in [0.717, 1.165) is 31.0 Å². The molecule has 23 heavy (non-hydrogen) atoms. The third-order valence-corrected chi connectivity index (χ3v) is 5.22. The fraction of sp³-hybridized carbons (Fsp3) is 0.632. The molecular weight excluding hydrogens is 310 g/mol. The first-order valence-electron chi connectivity index (χ1n) is 8.29. The molecule has 0 atom stereocenters. The molecule has 1 heterocycles. The number of carbonyl (C=O) groups excluding carboxylic acids is 1. The standard InChI is InChI=1S/C19H28ClNO2/c1-17(2,3)16(22)23-18(4,5)19(10-12-21-13-11-19)14-6-8-15(20)9-7-14/h6-9,21H,10-13H2,1-5H3. The van der Waals surface area contributed by atoms with E-state index in [9.17, 15) is 4.79 Å². The van der Waals surface area contributed by atoms with Gasteiger partial charge in [-0.3, -0.25) is 4.79 Å². The van der Waals surface area contributed by atoms with Crippen molar-refractivity contribution in [2.45, 2.75) is 58.5 Å². The van der Waals surface area contributed by atoms with Gasteiger partial charge < -0.3 is 10.1 Å². The average molecular weight is 338 g/mol. The van der Waals surface area contributed by atoms with Crippen molar-refractivity contribution in [3.63, 3.8) is 0 Å². The highest BCUT2D eigenvalue weighted by Gasteiger charge is 2.50. The molecule has 4 heteroatoms. The van der Waals surface area contributed by atoms with Crippen molar-refractivity contribution in [3.05, 3.63) is 34.9 Å². The van der Waals surface area contributed by atoms with Crippen LogP contribution in [-0.2, 0) is 14.9 Å². The van der Waals surface area contributed by atoms with E-state index < -0.39 is 11.0 Å². The molecule has 1 aromatic rings. The van der Waals surface area contributed by atoms with Crippen molar-refractivity contribution in [3.8, 4) is 0 Å². The molecule has 1 aliphatic rings. The van der Waals surface area contributed by atoms with E-state index in [1.165, 1.54) is 5.56 Å². The molecule has 1 saturated heterocycles. The maximum atomic E-state index is 12.5. The van der Waals surface area contributed by atoms with Crippen LogP contribution in [0.25, 0.3) is 0 Å². The predicted octanol–water partition coefficient (Wildman–Crippen LogP) is 4.33. The van der Waals surface area contributed by atoms with E-state index in [1.54, 1.807) is 0 Å². The lowest BCUT2D eigenvalue weighted by Gasteiger charge is -2.49. The molecule has 0 spiro atoms. The second-order valence-corrected chi connectivity index (χ2v) is 8.43. The van der Waals surface area contributed by atoms with Gasteiger partial charge in [-0.2, -0.15) is 0 Å². The van der Waals surface area contributed by atoms with E-state index in [2.05, 4.69) is 17.4 Å². The Hall–Kier alpha value is -1.06. The third-order valence-electron chi connectivity index (χ3n) is 4.97. The van der Waals surface area contributed by atoms with E-state index in [0.29, 0.717) is 0 Å². The SMILES string of the molecule is CC(C)(C)C(=O)OC(C)(C)C1(c2ccc(Cl)cc2)CCNCC1. The lowest BCUT2D eigenvalue weighted by Crippen LogP contribution is -2.56. The largest absolute Gasteiger partial charge is 0.458 e. The van der Waals surface area contributed by atoms with Gasteiger partial charge in [0.05, 0.1) is 5.41 Å². The number of rotatable bonds is 3. The van der Waals surface area contributed by atoms with Crippen LogP contribution >= 0.6 is 11.6 Å². The lowest BCUT2D eigenvalue weighted by atomic mass is 9.63. The van der Waals surface area contributed by atoms with E-state index in [4.69, 9.17) is 16.3 Å². The number of benzene rings is 1. The van der Waals surface area contributed by atoms with Crippen molar-refractivity contribution >= 4 is 17.6 Å². The molecule has 1 aromatic carbocycles. The summed E-state index contributed by atoms with van der Waals surface area (Å²) in [5.41, 5.74) is -0.113. The Bertz CT molecular complexity index is 552. The summed E-state index contributed by atoms with van der Waals surface area (Å²) < 4.78 is 6.03. The van der Waals surface area contributed by atoms with Gasteiger partial charge in [-0.05, 0) is 78.2 Å². The smallest absolute Gasteiger partial charge is 0.311 e. The van der Waals surface area contributed by atoms with Gasteiger partial charge >= 0.3 is 5.97 Å². The quantitative estimate of drug-likeness (QED) is 0.834. The van der Waals surface area contributed by atoms with Gasteiger partial charge in [0.25, 0.3) is 0 Å². The van der Waals surface area contributed by atoms with Gasteiger partial charge in [0.1, 0.15) is 5.60 Å². The molecule has 0 saturated carbocycles. The highest BCUT2D eigenvalue weighted by Crippen LogP contribution is 2.45. The average Bonchev–Trinajstić information content (AvgIpc) is 2.47. The number of carbonyl (C=O) groups is 1. The highest BCUT2D eigenvalue weighted by atomic mass is 35.5. The number of hydrogen-bond donors (Lipinski definition) is 1. The summed E-state index contributed by atoms with van der Waals surface area (Å²) in [4.78, 5) is 12.5. The summed E-state index contributed by atoms with van der Waals surface area (Å²) in [6.07, 6.45) is 1.86. The van der Waals surface area contributed by atoms with Crippen LogP contribution in [0.4, 0.5) is 0 Å². The Morgan fingerprint density at radius 2 is 1.61 bits per heavy atom. The van der Waals surface area contributed by atoms with Gasteiger partial charge in [-0.1, -0.05) is 23.7 Å². The van der Waals surface area contributed by atoms with Gasteiger partial charge in [0.2, 0.25) is 0 Å². The van der Waals surface area contributed by atoms with Gasteiger partial charge in [0.15, 0.2) is 0 Å². The zero-order chi connectivity index (χ0) is 17.3. The maximum absolute atomic E-state index is 12.5. The first-order chi connectivity index (χ1) is 10.6. The molecule has 1 aliphatic heterocycles. The predicted molar refractivity (Wildman–Crippen MR) is 94.9 cm³/mol. The van der Waals surface area contributed by atoms with Crippen LogP contribution in [0.2, 0.25) is 5.02 Å².